The summed E-state index contributed by atoms with van der Waals surface area (Å²) in [6.07, 6.45) is 0.474. The highest BCUT2D eigenvalue weighted by Gasteiger charge is 2.31. The lowest BCUT2D eigenvalue weighted by Crippen LogP contribution is -2.48. The highest BCUT2D eigenvalue weighted by atomic mass is 35.5. The maximum absolute atomic E-state index is 13.6. The van der Waals surface area contributed by atoms with Crippen molar-refractivity contribution in [3.05, 3.63) is 74.7 Å². The molecule has 31 heavy (non-hydrogen) atoms. The summed E-state index contributed by atoms with van der Waals surface area (Å²) in [6, 6.07) is 7.94. The van der Waals surface area contributed by atoms with E-state index < -0.39 is 21.7 Å². The predicted octanol–water partition coefficient (Wildman–Crippen LogP) is 4.83. The smallest absolute Gasteiger partial charge is 0.244 e. The van der Waals surface area contributed by atoms with Crippen LogP contribution in [0.1, 0.15) is 11.3 Å². The number of benzene rings is 2. The minimum Gasteiger partial charge on any atom is -0.345 e. The van der Waals surface area contributed by atoms with Crippen molar-refractivity contribution in [3.8, 4) is 0 Å². The monoisotopic (exact) mass is 503 g/mol. The number of piperazine rings is 1. The lowest BCUT2D eigenvalue weighted by atomic mass is 10.1. The highest BCUT2D eigenvalue weighted by molar-refractivity contribution is 7.89. The fourth-order valence-electron chi connectivity index (χ4n) is 3.32. The van der Waals surface area contributed by atoms with Gasteiger partial charge >= 0.3 is 0 Å². The topological polar surface area (TPSA) is 53.5 Å². The minimum atomic E-state index is -3.81. The Labute approximate surface area is 192 Å². The van der Waals surface area contributed by atoms with Gasteiger partial charge in [0, 0.05) is 38.0 Å². The van der Waals surface area contributed by atoms with Gasteiger partial charge in [-0.15, -0.1) is 11.3 Å². The molecule has 0 unspecified atom stereocenters. The number of aromatic nitrogens is 1. The standard InChI is InChI=1S/C20H17Cl2F2N3O2S2/c21-16-3-1-13(10-18(16)24)9-15-12-30-20(25-15)26-5-7-27(8-6-26)31(28,29)19-4-2-14(23)11-17(19)22/h1-4,10-12H,5-9H2. The second kappa shape index (κ2) is 8.99. The first-order chi connectivity index (χ1) is 14.7. The molecule has 0 saturated carbocycles. The van der Waals surface area contributed by atoms with Gasteiger partial charge in [-0.1, -0.05) is 29.3 Å². The van der Waals surface area contributed by atoms with Gasteiger partial charge in [-0.25, -0.2) is 22.2 Å². The largest absolute Gasteiger partial charge is 0.345 e. The zero-order chi connectivity index (χ0) is 22.2. The first kappa shape index (κ1) is 22.4. The molecule has 1 saturated heterocycles. The molecule has 1 aromatic heterocycles. The Balaban J connectivity index is 1.41. The van der Waals surface area contributed by atoms with Crippen LogP contribution in [0.5, 0.6) is 0 Å². The fourth-order valence-corrected chi connectivity index (χ4v) is 6.25. The SMILES string of the molecule is O=S(=O)(c1ccc(F)cc1Cl)N1CCN(c2nc(Cc3ccc(Cl)c(F)c3)cs2)CC1. The number of hydrogen-bond donors (Lipinski definition) is 0. The van der Waals surface area contributed by atoms with E-state index in [1.165, 1.54) is 33.8 Å². The van der Waals surface area contributed by atoms with Crippen molar-refractivity contribution < 1.29 is 17.2 Å². The van der Waals surface area contributed by atoms with E-state index in [2.05, 4.69) is 4.98 Å². The number of rotatable bonds is 5. The van der Waals surface area contributed by atoms with Crippen LogP contribution < -0.4 is 4.90 Å². The van der Waals surface area contributed by atoms with Crippen LogP contribution in [-0.2, 0) is 16.4 Å². The van der Waals surface area contributed by atoms with Crippen molar-refractivity contribution in [1.82, 2.24) is 9.29 Å². The zero-order valence-corrected chi connectivity index (χ0v) is 19.2. The molecule has 1 fully saturated rings. The molecule has 0 N–H and O–H groups in total. The summed E-state index contributed by atoms with van der Waals surface area (Å²) in [5.74, 6) is -1.05. The molecular formula is C20H17Cl2F2N3O2S2. The summed E-state index contributed by atoms with van der Waals surface area (Å²) in [5.41, 5.74) is 1.57. The predicted molar refractivity (Wildman–Crippen MR) is 119 cm³/mol. The van der Waals surface area contributed by atoms with Gasteiger partial charge in [0.1, 0.15) is 16.5 Å². The van der Waals surface area contributed by atoms with Crippen molar-refractivity contribution in [3.63, 3.8) is 0 Å². The summed E-state index contributed by atoms with van der Waals surface area (Å²) >= 11 is 13.1. The molecule has 4 rings (SSSR count). The molecule has 0 bridgehead atoms. The Kier molecular flexibility index (Phi) is 6.50. The van der Waals surface area contributed by atoms with Crippen LogP contribution in [0.2, 0.25) is 10.0 Å². The summed E-state index contributed by atoms with van der Waals surface area (Å²) in [7, 11) is -3.81. The molecule has 1 aliphatic heterocycles. The summed E-state index contributed by atoms with van der Waals surface area (Å²) in [5, 5.41) is 2.63. The second-order valence-corrected chi connectivity index (χ2v) is 10.6. The van der Waals surface area contributed by atoms with Gasteiger partial charge in [-0.05, 0) is 35.9 Å². The maximum atomic E-state index is 13.6. The van der Waals surface area contributed by atoms with Crippen molar-refractivity contribution in [1.29, 1.82) is 0 Å². The molecule has 11 heteroatoms. The normalized spacial score (nSPS) is 15.4. The molecule has 0 atom stereocenters. The Hall–Kier alpha value is -1.78. The maximum Gasteiger partial charge on any atom is 0.244 e. The number of sulfonamides is 1. The van der Waals surface area contributed by atoms with Crippen LogP contribution in [0.25, 0.3) is 0 Å². The molecular weight excluding hydrogens is 487 g/mol. The van der Waals surface area contributed by atoms with Gasteiger partial charge in [-0.2, -0.15) is 4.31 Å². The zero-order valence-electron chi connectivity index (χ0n) is 16.1. The van der Waals surface area contributed by atoms with Gasteiger partial charge in [0.25, 0.3) is 0 Å². The van der Waals surface area contributed by atoms with Crippen LogP contribution in [-0.4, -0.2) is 43.9 Å². The molecule has 0 aliphatic carbocycles. The van der Waals surface area contributed by atoms with Crippen molar-refractivity contribution in [2.24, 2.45) is 0 Å². The average molecular weight is 504 g/mol. The molecule has 5 nitrogen and oxygen atoms in total. The van der Waals surface area contributed by atoms with E-state index in [4.69, 9.17) is 23.2 Å². The van der Waals surface area contributed by atoms with Crippen molar-refractivity contribution in [2.45, 2.75) is 11.3 Å². The molecule has 3 aromatic rings. The number of nitrogens with zero attached hydrogens (tertiary/aromatic N) is 3. The van der Waals surface area contributed by atoms with E-state index in [9.17, 15) is 17.2 Å². The van der Waals surface area contributed by atoms with Gasteiger partial charge in [-0.3, -0.25) is 0 Å². The van der Waals surface area contributed by atoms with Crippen LogP contribution in [0, 0.1) is 11.6 Å². The van der Waals surface area contributed by atoms with Gasteiger partial charge < -0.3 is 4.90 Å². The lowest BCUT2D eigenvalue weighted by molar-refractivity contribution is 0.384. The number of thiazole rings is 1. The molecule has 2 aromatic carbocycles. The Morgan fingerprint density at radius 1 is 1.00 bits per heavy atom. The fraction of sp³-hybridized carbons (Fsp3) is 0.250. The van der Waals surface area contributed by atoms with Gasteiger partial charge in [0.15, 0.2) is 5.13 Å². The molecule has 2 heterocycles. The van der Waals surface area contributed by atoms with Crippen molar-refractivity contribution >= 4 is 49.7 Å². The number of halogens is 4. The Bertz CT molecular complexity index is 1210. The lowest BCUT2D eigenvalue weighted by Gasteiger charge is -2.33. The van der Waals surface area contributed by atoms with Crippen LogP contribution in [0.4, 0.5) is 13.9 Å². The molecule has 1 aliphatic rings. The molecule has 164 valence electrons. The van der Waals surface area contributed by atoms with E-state index in [0.29, 0.717) is 19.5 Å². The molecule has 0 spiro atoms. The van der Waals surface area contributed by atoms with Crippen LogP contribution in [0.15, 0.2) is 46.7 Å². The van der Waals surface area contributed by atoms with E-state index in [1.54, 1.807) is 6.07 Å². The minimum absolute atomic E-state index is 0.0810. The summed E-state index contributed by atoms with van der Waals surface area (Å²) in [4.78, 5) is 6.52. The van der Waals surface area contributed by atoms with E-state index in [-0.39, 0.29) is 28.0 Å². The van der Waals surface area contributed by atoms with Gasteiger partial charge in [0.2, 0.25) is 10.0 Å². The molecule has 0 amide bonds. The first-order valence-electron chi connectivity index (χ1n) is 9.32. The third-order valence-electron chi connectivity index (χ3n) is 4.93. The summed E-state index contributed by atoms with van der Waals surface area (Å²) in [6.45, 7) is 1.43. The van der Waals surface area contributed by atoms with Crippen LogP contribution >= 0.6 is 34.5 Å². The molecule has 0 radical (unpaired) electrons. The Morgan fingerprint density at radius 3 is 2.42 bits per heavy atom. The first-order valence-corrected chi connectivity index (χ1v) is 12.4. The van der Waals surface area contributed by atoms with E-state index >= 15 is 0 Å². The van der Waals surface area contributed by atoms with Gasteiger partial charge in [0.05, 0.1) is 15.7 Å². The average Bonchev–Trinajstić information content (AvgIpc) is 3.19. The number of anilines is 1. The van der Waals surface area contributed by atoms with E-state index in [0.717, 1.165) is 28.5 Å². The van der Waals surface area contributed by atoms with Crippen molar-refractivity contribution in [2.75, 3.05) is 31.1 Å². The quantitative estimate of drug-likeness (QED) is 0.500. The third-order valence-corrected chi connectivity index (χ3v) is 8.57. The second-order valence-electron chi connectivity index (χ2n) is 7.01. The third kappa shape index (κ3) is 4.85. The van der Waals surface area contributed by atoms with Crippen LogP contribution in [0.3, 0.4) is 0 Å². The Morgan fingerprint density at radius 2 is 1.74 bits per heavy atom. The highest BCUT2D eigenvalue weighted by Crippen LogP contribution is 2.28. The summed E-state index contributed by atoms with van der Waals surface area (Å²) < 4.78 is 54.0. The number of hydrogen-bond acceptors (Lipinski definition) is 5. The van der Waals surface area contributed by atoms with E-state index in [1.807, 2.05) is 10.3 Å².